The summed E-state index contributed by atoms with van der Waals surface area (Å²) in [7, 11) is 0. The van der Waals surface area contributed by atoms with Gasteiger partial charge in [-0.1, -0.05) is 0 Å². The molecule has 4 nitrogen and oxygen atoms in total. The molecule has 0 bridgehead atoms. The first-order valence-electron chi connectivity index (χ1n) is 5.46. The van der Waals surface area contributed by atoms with Gasteiger partial charge in [-0.05, 0) is 19.3 Å². The van der Waals surface area contributed by atoms with Crippen LogP contribution in [0.1, 0.15) is 19.3 Å². The lowest BCUT2D eigenvalue weighted by Gasteiger charge is -2.17. The van der Waals surface area contributed by atoms with E-state index >= 15 is 0 Å². The largest absolute Gasteiger partial charge is 0.389 e. The maximum Gasteiger partial charge on any atom is 0.0938 e. The number of β-amino-alcohol motifs (C(OH)–C–C–N with tert-alkyl or cyclic N) is 2. The summed E-state index contributed by atoms with van der Waals surface area (Å²) in [6.45, 7) is 3.04. The number of likely N-dealkylation sites (tertiary alicyclic amines) is 1. The molecule has 2 N–H and O–H groups in total. The highest BCUT2D eigenvalue weighted by atomic mass is 16.5. The van der Waals surface area contributed by atoms with E-state index in [1.54, 1.807) is 0 Å². The average molecular weight is 201 g/mol. The van der Waals surface area contributed by atoms with E-state index in [4.69, 9.17) is 4.74 Å². The summed E-state index contributed by atoms with van der Waals surface area (Å²) in [6.07, 6.45) is 2.66. The molecule has 0 amide bonds. The lowest BCUT2D eigenvalue weighted by Crippen LogP contribution is -2.26. The van der Waals surface area contributed by atoms with Crippen LogP contribution in [0.4, 0.5) is 0 Å². The molecule has 2 heterocycles. The van der Waals surface area contributed by atoms with Gasteiger partial charge in [0.1, 0.15) is 0 Å². The lowest BCUT2D eigenvalue weighted by atomic mass is 10.2. The second kappa shape index (κ2) is 4.57. The Morgan fingerprint density at radius 1 is 1.21 bits per heavy atom. The summed E-state index contributed by atoms with van der Waals surface area (Å²) in [4.78, 5) is 2.11. The number of nitrogens with zero attached hydrogens (tertiary/aromatic N) is 1. The highest BCUT2D eigenvalue weighted by Crippen LogP contribution is 2.17. The molecule has 0 spiro atoms. The van der Waals surface area contributed by atoms with Gasteiger partial charge in [0.15, 0.2) is 0 Å². The summed E-state index contributed by atoms with van der Waals surface area (Å²) in [5.41, 5.74) is 0. The first-order chi connectivity index (χ1) is 6.75. The predicted molar refractivity (Wildman–Crippen MR) is 52.0 cm³/mol. The Labute approximate surface area is 84.5 Å². The molecule has 0 aromatic heterocycles. The normalized spacial score (nSPS) is 39.4. The monoisotopic (exact) mass is 201 g/mol. The van der Waals surface area contributed by atoms with E-state index in [9.17, 15) is 10.2 Å². The van der Waals surface area contributed by atoms with Crippen LogP contribution in [0, 0.1) is 0 Å². The van der Waals surface area contributed by atoms with Crippen LogP contribution in [0.3, 0.4) is 0 Å². The molecular formula is C10H19NO3. The molecule has 3 unspecified atom stereocenters. The number of rotatable bonds is 3. The van der Waals surface area contributed by atoms with Crippen molar-refractivity contribution in [2.45, 2.75) is 37.6 Å². The lowest BCUT2D eigenvalue weighted by molar-refractivity contribution is 0.0572. The smallest absolute Gasteiger partial charge is 0.0938 e. The summed E-state index contributed by atoms with van der Waals surface area (Å²) < 4.78 is 5.51. The fourth-order valence-electron chi connectivity index (χ4n) is 2.23. The van der Waals surface area contributed by atoms with Gasteiger partial charge >= 0.3 is 0 Å². The molecule has 14 heavy (non-hydrogen) atoms. The predicted octanol–water partition coefficient (Wildman–Crippen LogP) is -0.407. The van der Waals surface area contributed by atoms with E-state index in [0.29, 0.717) is 19.2 Å². The van der Waals surface area contributed by atoms with Crippen molar-refractivity contribution < 1.29 is 14.9 Å². The quantitative estimate of drug-likeness (QED) is 0.652. The first kappa shape index (κ1) is 10.4. The average Bonchev–Trinajstić information content (AvgIpc) is 2.74. The van der Waals surface area contributed by atoms with Gasteiger partial charge in [0, 0.05) is 26.2 Å². The van der Waals surface area contributed by atoms with Crippen LogP contribution in [0.2, 0.25) is 0 Å². The zero-order valence-electron chi connectivity index (χ0n) is 8.43. The summed E-state index contributed by atoms with van der Waals surface area (Å²) >= 11 is 0. The highest BCUT2D eigenvalue weighted by Gasteiger charge is 2.29. The zero-order valence-corrected chi connectivity index (χ0v) is 8.43. The number of aliphatic hydroxyl groups is 2. The van der Waals surface area contributed by atoms with E-state index in [1.165, 1.54) is 12.8 Å². The van der Waals surface area contributed by atoms with Crippen LogP contribution in [0.15, 0.2) is 0 Å². The Kier molecular flexibility index (Phi) is 3.38. The molecular weight excluding hydrogens is 182 g/mol. The van der Waals surface area contributed by atoms with Crippen molar-refractivity contribution in [1.29, 1.82) is 0 Å². The minimum atomic E-state index is -0.556. The first-order valence-corrected chi connectivity index (χ1v) is 5.46. The molecule has 0 saturated carbocycles. The van der Waals surface area contributed by atoms with Crippen molar-refractivity contribution >= 4 is 0 Å². The number of hydrogen-bond acceptors (Lipinski definition) is 4. The van der Waals surface area contributed by atoms with Gasteiger partial charge in [-0.25, -0.2) is 0 Å². The second-order valence-corrected chi connectivity index (χ2v) is 4.32. The molecule has 0 aliphatic carbocycles. The van der Waals surface area contributed by atoms with Crippen LogP contribution in [-0.4, -0.2) is 59.7 Å². The second-order valence-electron chi connectivity index (χ2n) is 4.32. The molecule has 0 radical (unpaired) electrons. The van der Waals surface area contributed by atoms with E-state index in [0.717, 1.165) is 19.6 Å². The molecule has 2 saturated heterocycles. The Morgan fingerprint density at radius 2 is 1.93 bits per heavy atom. The molecule has 0 aromatic carbocycles. The van der Waals surface area contributed by atoms with Crippen LogP contribution >= 0.6 is 0 Å². The van der Waals surface area contributed by atoms with Crippen molar-refractivity contribution in [3.8, 4) is 0 Å². The van der Waals surface area contributed by atoms with Crippen molar-refractivity contribution in [2.24, 2.45) is 0 Å². The van der Waals surface area contributed by atoms with E-state index in [2.05, 4.69) is 4.90 Å². The standard InChI is InChI=1S/C10H19NO3/c12-9-6-11(7-10(9)13)4-3-8-2-1-5-14-8/h8-10,12-13H,1-7H2. The van der Waals surface area contributed by atoms with Crippen LogP contribution in [0.25, 0.3) is 0 Å². The van der Waals surface area contributed by atoms with Crippen molar-refractivity contribution in [1.82, 2.24) is 4.90 Å². The fraction of sp³-hybridized carbons (Fsp3) is 1.00. The van der Waals surface area contributed by atoms with Gasteiger partial charge in [0.2, 0.25) is 0 Å². The van der Waals surface area contributed by atoms with Crippen LogP contribution < -0.4 is 0 Å². The molecule has 2 aliphatic rings. The van der Waals surface area contributed by atoms with Crippen molar-refractivity contribution in [3.63, 3.8) is 0 Å². The fourth-order valence-corrected chi connectivity index (χ4v) is 2.23. The Morgan fingerprint density at radius 3 is 2.50 bits per heavy atom. The Balaban J connectivity index is 1.66. The third-order valence-corrected chi connectivity index (χ3v) is 3.13. The van der Waals surface area contributed by atoms with Crippen LogP contribution in [-0.2, 0) is 4.74 Å². The van der Waals surface area contributed by atoms with E-state index in [-0.39, 0.29) is 0 Å². The van der Waals surface area contributed by atoms with Gasteiger partial charge in [0.05, 0.1) is 18.3 Å². The SMILES string of the molecule is OC1CN(CCC2CCCO2)CC1O. The molecule has 2 fully saturated rings. The Hall–Kier alpha value is -0.160. The van der Waals surface area contributed by atoms with Crippen molar-refractivity contribution in [3.05, 3.63) is 0 Å². The number of hydrogen-bond donors (Lipinski definition) is 2. The minimum absolute atomic E-state index is 0.407. The molecule has 4 heteroatoms. The molecule has 82 valence electrons. The molecule has 2 rings (SSSR count). The van der Waals surface area contributed by atoms with Gasteiger partial charge < -0.3 is 14.9 Å². The number of aliphatic hydroxyl groups excluding tert-OH is 2. The maximum atomic E-state index is 9.34. The van der Waals surface area contributed by atoms with Crippen LogP contribution in [0.5, 0.6) is 0 Å². The molecule has 2 aliphatic heterocycles. The maximum absolute atomic E-state index is 9.34. The third-order valence-electron chi connectivity index (χ3n) is 3.13. The van der Waals surface area contributed by atoms with Crippen molar-refractivity contribution in [2.75, 3.05) is 26.2 Å². The minimum Gasteiger partial charge on any atom is -0.389 e. The molecule has 3 atom stereocenters. The van der Waals surface area contributed by atoms with E-state index < -0.39 is 12.2 Å². The third kappa shape index (κ3) is 2.45. The van der Waals surface area contributed by atoms with Gasteiger partial charge in [0.25, 0.3) is 0 Å². The summed E-state index contributed by atoms with van der Waals surface area (Å²) in [6, 6.07) is 0. The van der Waals surface area contributed by atoms with Gasteiger partial charge in [-0.3, -0.25) is 4.90 Å². The number of ether oxygens (including phenoxy) is 1. The van der Waals surface area contributed by atoms with Gasteiger partial charge in [-0.15, -0.1) is 0 Å². The highest BCUT2D eigenvalue weighted by molar-refractivity contribution is 4.83. The Bertz CT molecular complexity index is 172. The zero-order chi connectivity index (χ0) is 9.97. The van der Waals surface area contributed by atoms with Gasteiger partial charge in [-0.2, -0.15) is 0 Å². The topological polar surface area (TPSA) is 52.9 Å². The molecule has 0 aromatic rings. The summed E-state index contributed by atoms with van der Waals surface area (Å²) in [5, 5.41) is 18.7. The van der Waals surface area contributed by atoms with E-state index in [1.807, 2.05) is 0 Å². The summed E-state index contributed by atoms with van der Waals surface area (Å²) in [5.74, 6) is 0.